The van der Waals surface area contributed by atoms with Crippen LogP contribution in [0, 0.1) is 0 Å². The van der Waals surface area contributed by atoms with E-state index in [1.54, 1.807) is 17.2 Å². The molecule has 1 saturated heterocycles. The molecule has 1 fully saturated rings. The number of likely N-dealkylation sites (tertiary alicyclic amines) is 1. The first-order valence-electron chi connectivity index (χ1n) is 8.44. The second kappa shape index (κ2) is 7.45. The van der Waals surface area contributed by atoms with Crippen LogP contribution in [-0.2, 0) is 0 Å². The highest BCUT2D eigenvalue weighted by molar-refractivity contribution is 6.01. The third-order valence-corrected chi connectivity index (χ3v) is 4.56. The van der Waals surface area contributed by atoms with Crippen LogP contribution in [0.3, 0.4) is 0 Å². The van der Waals surface area contributed by atoms with Crippen molar-refractivity contribution in [2.24, 2.45) is 0 Å². The van der Waals surface area contributed by atoms with Gasteiger partial charge in [-0.3, -0.25) is 9.78 Å². The van der Waals surface area contributed by atoms with Crippen LogP contribution in [0.25, 0.3) is 11.3 Å². The van der Waals surface area contributed by atoms with Gasteiger partial charge >= 0.3 is 0 Å². The van der Waals surface area contributed by atoms with Gasteiger partial charge in [0.1, 0.15) is 0 Å². The summed E-state index contributed by atoms with van der Waals surface area (Å²) in [7, 11) is 1.83. The van der Waals surface area contributed by atoms with Crippen molar-refractivity contribution in [2.45, 2.75) is 12.8 Å². The van der Waals surface area contributed by atoms with Crippen LogP contribution in [0.5, 0.6) is 0 Å². The molecule has 5 heteroatoms. The number of rotatable bonds is 5. The molecule has 0 saturated carbocycles. The topological polar surface area (TPSA) is 62.5 Å². The molecule has 2 N–H and O–H groups in total. The number of amides is 1. The number of nitrogens with zero attached hydrogens (tertiary/aromatic N) is 3. The summed E-state index contributed by atoms with van der Waals surface area (Å²) in [5, 5.41) is 0. The number of nitrogens with two attached hydrogens (primary N) is 1. The molecule has 126 valence electrons. The fraction of sp³-hybridized carbons (Fsp3) is 0.368. The average molecular weight is 324 g/mol. The van der Waals surface area contributed by atoms with Crippen LogP contribution in [0.2, 0.25) is 0 Å². The van der Waals surface area contributed by atoms with Crippen LogP contribution < -0.4 is 5.73 Å². The van der Waals surface area contributed by atoms with Crippen molar-refractivity contribution in [1.82, 2.24) is 14.8 Å². The summed E-state index contributed by atoms with van der Waals surface area (Å²) in [5.41, 5.74) is 8.80. The average Bonchev–Trinajstić information content (AvgIpc) is 3.13. The van der Waals surface area contributed by atoms with Crippen molar-refractivity contribution in [1.29, 1.82) is 0 Å². The Labute approximate surface area is 143 Å². The van der Waals surface area contributed by atoms with E-state index < -0.39 is 0 Å². The van der Waals surface area contributed by atoms with E-state index in [9.17, 15) is 4.79 Å². The molecule has 3 rings (SSSR count). The van der Waals surface area contributed by atoms with Gasteiger partial charge in [0.25, 0.3) is 5.91 Å². The Bertz CT molecular complexity index is 696. The highest BCUT2D eigenvalue weighted by atomic mass is 16.2. The maximum absolute atomic E-state index is 12.8. The Morgan fingerprint density at radius 3 is 2.62 bits per heavy atom. The van der Waals surface area contributed by atoms with Crippen LogP contribution in [-0.4, -0.2) is 53.9 Å². The summed E-state index contributed by atoms with van der Waals surface area (Å²) in [6, 6.07) is 11.4. The lowest BCUT2D eigenvalue weighted by Crippen LogP contribution is -2.35. The Hall–Kier alpha value is -2.40. The molecule has 0 bridgehead atoms. The third-order valence-electron chi connectivity index (χ3n) is 4.56. The van der Waals surface area contributed by atoms with Crippen LogP contribution >= 0.6 is 0 Å². The minimum atomic E-state index is -0.0497. The molecule has 0 unspecified atom stereocenters. The fourth-order valence-corrected chi connectivity index (χ4v) is 3.09. The highest BCUT2D eigenvalue weighted by Crippen LogP contribution is 2.26. The first-order valence-corrected chi connectivity index (χ1v) is 8.44. The Morgan fingerprint density at radius 1 is 1.21 bits per heavy atom. The van der Waals surface area contributed by atoms with Gasteiger partial charge in [-0.2, -0.15) is 0 Å². The monoisotopic (exact) mass is 324 g/mol. The molecular weight excluding hydrogens is 300 g/mol. The number of benzene rings is 1. The molecule has 0 spiro atoms. The number of aromatic nitrogens is 1. The maximum atomic E-state index is 12.8. The number of anilines is 1. The highest BCUT2D eigenvalue weighted by Gasteiger charge is 2.19. The molecule has 1 aliphatic rings. The van der Waals surface area contributed by atoms with E-state index in [4.69, 9.17) is 5.73 Å². The van der Waals surface area contributed by atoms with Gasteiger partial charge in [0.15, 0.2) is 0 Å². The van der Waals surface area contributed by atoms with Crippen molar-refractivity contribution in [2.75, 3.05) is 39.0 Å². The molecule has 24 heavy (non-hydrogen) atoms. The van der Waals surface area contributed by atoms with E-state index in [1.165, 1.54) is 12.8 Å². The van der Waals surface area contributed by atoms with Gasteiger partial charge < -0.3 is 15.5 Å². The summed E-state index contributed by atoms with van der Waals surface area (Å²) in [6.07, 6.45) is 4.17. The van der Waals surface area contributed by atoms with E-state index in [2.05, 4.69) is 9.88 Å². The lowest BCUT2D eigenvalue weighted by Gasteiger charge is -2.22. The number of carbonyl (C=O) groups excluding carboxylic acids is 1. The largest absolute Gasteiger partial charge is 0.396 e. The van der Waals surface area contributed by atoms with Gasteiger partial charge in [0.05, 0.1) is 16.9 Å². The Morgan fingerprint density at radius 2 is 1.92 bits per heavy atom. The van der Waals surface area contributed by atoms with Gasteiger partial charge in [-0.25, -0.2) is 0 Å². The molecule has 0 atom stereocenters. The number of likely N-dealkylation sites (N-methyl/N-ethyl adjacent to an activating group) is 1. The fourth-order valence-electron chi connectivity index (χ4n) is 3.09. The number of pyridine rings is 1. The molecule has 1 aromatic carbocycles. The molecular formula is C19H24N4O. The third kappa shape index (κ3) is 3.57. The smallest absolute Gasteiger partial charge is 0.255 e. The van der Waals surface area contributed by atoms with Gasteiger partial charge in [0.2, 0.25) is 0 Å². The first-order chi connectivity index (χ1) is 11.7. The zero-order chi connectivity index (χ0) is 16.9. The van der Waals surface area contributed by atoms with Crippen molar-refractivity contribution in [3.63, 3.8) is 0 Å². The molecule has 5 nitrogen and oxygen atoms in total. The molecule has 0 aliphatic carbocycles. The van der Waals surface area contributed by atoms with E-state index in [-0.39, 0.29) is 5.91 Å². The summed E-state index contributed by atoms with van der Waals surface area (Å²) >= 11 is 0. The second-order valence-electron chi connectivity index (χ2n) is 6.26. The van der Waals surface area contributed by atoms with E-state index in [0.29, 0.717) is 23.5 Å². The van der Waals surface area contributed by atoms with Gasteiger partial charge in [-0.15, -0.1) is 0 Å². The van der Waals surface area contributed by atoms with Crippen LogP contribution in [0.4, 0.5) is 5.69 Å². The second-order valence-corrected chi connectivity index (χ2v) is 6.26. The Kier molecular flexibility index (Phi) is 5.11. The van der Waals surface area contributed by atoms with Crippen molar-refractivity contribution in [3.05, 3.63) is 48.2 Å². The van der Waals surface area contributed by atoms with E-state index >= 15 is 0 Å². The number of hydrogen-bond donors (Lipinski definition) is 1. The standard InChI is InChI=1S/C19H24N4O/c1-22(13-14-23-11-5-6-12-23)19(24)16-9-10-21-18(17(16)20)15-7-3-2-4-8-15/h2-4,7-10H,5-6,11-14,20H2,1H3. The number of hydrogen-bond acceptors (Lipinski definition) is 4. The van der Waals surface area contributed by atoms with E-state index in [0.717, 1.165) is 25.2 Å². The van der Waals surface area contributed by atoms with Gasteiger partial charge in [-0.05, 0) is 32.0 Å². The lowest BCUT2D eigenvalue weighted by atomic mass is 10.1. The molecule has 1 aromatic heterocycles. The summed E-state index contributed by atoms with van der Waals surface area (Å²) in [5.74, 6) is -0.0497. The summed E-state index contributed by atoms with van der Waals surface area (Å²) in [6.45, 7) is 3.90. The number of carbonyl (C=O) groups is 1. The lowest BCUT2D eigenvalue weighted by molar-refractivity contribution is 0.0783. The predicted octanol–water partition coefficient (Wildman–Crippen LogP) is 2.50. The normalized spacial score (nSPS) is 14.7. The SMILES string of the molecule is CN(CCN1CCCC1)C(=O)c1ccnc(-c2ccccc2)c1N. The van der Waals surface area contributed by atoms with Crippen LogP contribution in [0.15, 0.2) is 42.6 Å². The molecule has 1 aliphatic heterocycles. The van der Waals surface area contributed by atoms with Crippen molar-refractivity contribution >= 4 is 11.6 Å². The summed E-state index contributed by atoms with van der Waals surface area (Å²) in [4.78, 5) is 21.3. The quantitative estimate of drug-likeness (QED) is 0.918. The van der Waals surface area contributed by atoms with Crippen molar-refractivity contribution in [3.8, 4) is 11.3 Å². The minimum Gasteiger partial charge on any atom is -0.396 e. The molecule has 2 heterocycles. The van der Waals surface area contributed by atoms with Crippen molar-refractivity contribution < 1.29 is 4.79 Å². The van der Waals surface area contributed by atoms with Gasteiger partial charge in [0, 0.05) is 31.9 Å². The van der Waals surface area contributed by atoms with E-state index in [1.807, 2.05) is 37.4 Å². The summed E-state index contributed by atoms with van der Waals surface area (Å²) < 4.78 is 0. The molecule has 2 aromatic rings. The minimum absolute atomic E-state index is 0.0497. The Balaban J connectivity index is 1.74. The zero-order valence-electron chi connectivity index (χ0n) is 14.1. The maximum Gasteiger partial charge on any atom is 0.255 e. The number of nitrogen functional groups attached to an aromatic ring is 1. The van der Waals surface area contributed by atoms with Gasteiger partial charge in [-0.1, -0.05) is 30.3 Å². The van der Waals surface area contributed by atoms with Crippen LogP contribution in [0.1, 0.15) is 23.2 Å². The molecule has 0 radical (unpaired) electrons. The molecule has 1 amide bonds. The zero-order valence-corrected chi connectivity index (χ0v) is 14.1. The predicted molar refractivity (Wildman–Crippen MR) is 96.7 cm³/mol. The first kappa shape index (κ1) is 16.5.